The molecule has 0 radical (unpaired) electrons. The number of amides is 1. The molecule has 0 aliphatic carbocycles. The Kier molecular flexibility index (Phi) is 8.93. The van der Waals surface area contributed by atoms with Gasteiger partial charge in [0, 0.05) is 24.5 Å². The molecule has 1 amide bonds. The van der Waals surface area contributed by atoms with Gasteiger partial charge in [0.05, 0.1) is 39.6 Å². The molecule has 1 aliphatic heterocycles. The number of ketones is 1. The molecule has 210 valence electrons. The van der Waals surface area contributed by atoms with Crippen molar-refractivity contribution in [2.75, 3.05) is 27.9 Å². The van der Waals surface area contributed by atoms with Crippen molar-refractivity contribution < 1.29 is 33.6 Å². The van der Waals surface area contributed by atoms with Crippen molar-refractivity contribution in [1.82, 2.24) is 9.88 Å². The zero-order valence-electron chi connectivity index (χ0n) is 23.4. The number of rotatable bonds is 11. The van der Waals surface area contributed by atoms with Crippen LogP contribution in [-0.2, 0) is 16.1 Å². The molecule has 1 aromatic heterocycles. The van der Waals surface area contributed by atoms with Crippen LogP contribution < -0.4 is 18.9 Å². The lowest BCUT2D eigenvalue weighted by atomic mass is 9.93. The van der Waals surface area contributed by atoms with Crippen LogP contribution in [0.25, 0.3) is 5.76 Å². The number of hydrogen-bond donors (Lipinski definition) is 1. The fourth-order valence-electron chi connectivity index (χ4n) is 4.81. The number of Topliss-reactive ketones (excluding diaryl/α,β-unsaturated/α-hetero) is 1. The smallest absolute Gasteiger partial charge is 0.295 e. The van der Waals surface area contributed by atoms with Crippen molar-refractivity contribution in [3.8, 4) is 23.0 Å². The van der Waals surface area contributed by atoms with E-state index in [2.05, 4.69) is 11.9 Å². The topological polar surface area (TPSA) is 107 Å². The van der Waals surface area contributed by atoms with E-state index in [9.17, 15) is 14.7 Å². The van der Waals surface area contributed by atoms with Gasteiger partial charge in [-0.2, -0.15) is 0 Å². The van der Waals surface area contributed by atoms with Gasteiger partial charge in [-0.25, -0.2) is 0 Å². The Morgan fingerprint density at radius 3 is 2.33 bits per heavy atom. The quantitative estimate of drug-likeness (QED) is 0.151. The third-order valence-electron chi connectivity index (χ3n) is 6.84. The van der Waals surface area contributed by atoms with Crippen molar-refractivity contribution in [2.24, 2.45) is 0 Å². The molecule has 3 aromatic rings. The van der Waals surface area contributed by atoms with Crippen LogP contribution in [-0.4, -0.2) is 54.6 Å². The van der Waals surface area contributed by atoms with E-state index >= 15 is 0 Å². The highest BCUT2D eigenvalue weighted by molar-refractivity contribution is 6.46. The summed E-state index contributed by atoms with van der Waals surface area (Å²) < 4.78 is 22.4. The first-order valence-electron chi connectivity index (χ1n) is 13.1. The van der Waals surface area contributed by atoms with Gasteiger partial charge in [-0.3, -0.25) is 14.6 Å². The molecular weight excluding hydrogens is 512 g/mol. The fraction of sp³-hybridized carbons (Fsp3) is 0.323. The first-order chi connectivity index (χ1) is 19.3. The number of aromatic nitrogens is 1. The molecule has 1 atom stereocenters. The Morgan fingerprint density at radius 1 is 1.02 bits per heavy atom. The average Bonchev–Trinajstić information content (AvgIpc) is 3.21. The largest absolute Gasteiger partial charge is 0.507 e. The van der Waals surface area contributed by atoms with Crippen LogP contribution in [0.15, 0.2) is 60.4 Å². The van der Waals surface area contributed by atoms with Crippen LogP contribution in [0.4, 0.5) is 0 Å². The summed E-state index contributed by atoms with van der Waals surface area (Å²) in [6.45, 7) is 4.59. The van der Waals surface area contributed by atoms with Gasteiger partial charge in [0.25, 0.3) is 11.7 Å². The van der Waals surface area contributed by atoms with Crippen LogP contribution in [0.3, 0.4) is 0 Å². The monoisotopic (exact) mass is 546 g/mol. The molecule has 2 aromatic carbocycles. The van der Waals surface area contributed by atoms with Crippen molar-refractivity contribution >= 4 is 17.4 Å². The predicted octanol–water partition coefficient (Wildman–Crippen LogP) is 5.22. The number of pyridine rings is 1. The van der Waals surface area contributed by atoms with Gasteiger partial charge in [0.15, 0.2) is 11.5 Å². The number of hydrogen-bond acceptors (Lipinski definition) is 8. The molecule has 2 heterocycles. The highest BCUT2D eigenvalue weighted by atomic mass is 16.5. The number of aliphatic hydroxyl groups excluding tert-OH is 1. The fourth-order valence-corrected chi connectivity index (χ4v) is 4.81. The molecule has 1 fully saturated rings. The maximum atomic E-state index is 13.6. The number of ether oxygens (including phenoxy) is 4. The van der Waals surface area contributed by atoms with E-state index in [4.69, 9.17) is 18.9 Å². The lowest BCUT2D eigenvalue weighted by molar-refractivity contribution is -0.140. The highest BCUT2D eigenvalue weighted by Crippen LogP contribution is 2.46. The molecule has 1 aliphatic rings. The highest BCUT2D eigenvalue weighted by Gasteiger charge is 2.46. The molecule has 9 heteroatoms. The number of aryl methyl sites for hydroxylation is 1. The molecular formula is C31H34N2O7. The molecule has 4 rings (SSSR count). The lowest BCUT2D eigenvalue weighted by Crippen LogP contribution is -2.29. The number of likely N-dealkylation sites (tertiary alicyclic amines) is 1. The molecule has 40 heavy (non-hydrogen) atoms. The van der Waals surface area contributed by atoms with Gasteiger partial charge in [0.1, 0.15) is 11.5 Å². The Balaban J connectivity index is 1.88. The molecule has 1 N–H and O–H groups in total. The standard InChI is InChI=1S/C31H34N2O7/c1-6-7-13-40-22-10-11-23(19(2)14-22)28(34)26-27(21-15-24(37-3)30(39-5)25(16-21)38-4)33(31(36)29(26)35)18-20-9-8-12-32-17-20/h8-12,14-17,27,34H,6-7,13,18H2,1-5H3/t27-/m1/s1. The van der Waals surface area contributed by atoms with E-state index in [0.29, 0.717) is 46.3 Å². The van der Waals surface area contributed by atoms with E-state index < -0.39 is 17.7 Å². The third-order valence-corrected chi connectivity index (χ3v) is 6.84. The van der Waals surface area contributed by atoms with Crippen LogP contribution in [0, 0.1) is 6.92 Å². The number of benzene rings is 2. The van der Waals surface area contributed by atoms with Crippen LogP contribution in [0.1, 0.15) is 48.1 Å². The van der Waals surface area contributed by atoms with Gasteiger partial charge < -0.3 is 29.0 Å². The van der Waals surface area contributed by atoms with Crippen molar-refractivity contribution in [1.29, 1.82) is 0 Å². The summed E-state index contributed by atoms with van der Waals surface area (Å²) in [7, 11) is 4.47. The molecule has 0 saturated carbocycles. The Bertz CT molecular complexity index is 1390. The summed E-state index contributed by atoms with van der Waals surface area (Å²) in [5, 5.41) is 11.6. The SMILES string of the molecule is CCCCOc1ccc(C(O)=C2C(=O)C(=O)N(Cc3cccnc3)[C@@H]2c2cc(OC)c(OC)c(OC)c2)c(C)c1. The van der Waals surface area contributed by atoms with Gasteiger partial charge in [-0.05, 0) is 66.4 Å². The van der Waals surface area contributed by atoms with E-state index in [1.54, 1.807) is 42.7 Å². The zero-order chi connectivity index (χ0) is 28.8. The number of aliphatic hydroxyl groups is 1. The number of carbonyl (C=O) groups excluding carboxylic acids is 2. The minimum Gasteiger partial charge on any atom is -0.507 e. The Hall–Kier alpha value is -4.53. The van der Waals surface area contributed by atoms with E-state index in [-0.39, 0.29) is 17.9 Å². The van der Waals surface area contributed by atoms with Gasteiger partial charge in [-0.1, -0.05) is 19.4 Å². The van der Waals surface area contributed by atoms with Gasteiger partial charge >= 0.3 is 0 Å². The minimum atomic E-state index is -0.936. The van der Waals surface area contributed by atoms with E-state index in [1.807, 2.05) is 19.1 Å². The summed E-state index contributed by atoms with van der Waals surface area (Å²) in [5.74, 6) is -0.0529. The second-order valence-electron chi connectivity index (χ2n) is 9.43. The first-order valence-corrected chi connectivity index (χ1v) is 13.1. The number of nitrogens with zero attached hydrogens (tertiary/aromatic N) is 2. The summed E-state index contributed by atoms with van der Waals surface area (Å²) >= 11 is 0. The van der Waals surface area contributed by atoms with Crippen LogP contribution in [0.2, 0.25) is 0 Å². The average molecular weight is 547 g/mol. The second kappa shape index (κ2) is 12.5. The summed E-state index contributed by atoms with van der Waals surface area (Å²) in [4.78, 5) is 32.6. The predicted molar refractivity (Wildman–Crippen MR) is 150 cm³/mol. The number of methoxy groups -OCH3 is 3. The Labute approximate surface area is 234 Å². The van der Waals surface area contributed by atoms with E-state index in [0.717, 1.165) is 18.4 Å². The van der Waals surface area contributed by atoms with Crippen LogP contribution >= 0.6 is 0 Å². The molecule has 1 saturated heterocycles. The van der Waals surface area contributed by atoms with Crippen molar-refractivity contribution in [3.05, 3.63) is 82.7 Å². The molecule has 9 nitrogen and oxygen atoms in total. The maximum absolute atomic E-state index is 13.6. The maximum Gasteiger partial charge on any atom is 0.295 e. The van der Waals surface area contributed by atoms with Crippen LogP contribution in [0.5, 0.6) is 23.0 Å². The molecule has 0 unspecified atom stereocenters. The minimum absolute atomic E-state index is 0.0362. The second-order valence-corrected chi connectivity index (χ2v) is 9.43. The number of unbranched alkanes of at least 4 members (excludes halogenated alkanes) is 1. The van der Waals surface area contributed by atoms with E-state index in [1.165, 1.54) is 26.2 Å². The normalized spacial score (nSPS) is 16.2. The Morgan fingerprint density at radius 2 is 1.75 bits per heavy atom. The molecule has 0 spiro atoms. The van der Waals surface area contributed by atoms with Crippen molar-refractivity contribution in [2.45, 2.75) is 39.3 Å². The number of carbonyl (C=O) groups is 2. The van der Waals surface area contributed by atoms with Gasteiger partial charge in [0.2, 0.25) is 5.75 Å². The zero-order valence-corrected chi connectivity index (χ0v) is 23.4. The summed E-state index contributed by atoms with van der Waals surface area (Å²) in [6, 6.07) is 11.3. The third kappa shape index (κ3) is 5.59. The summed E-state index contributed by atoms with van der Waals surface area (Å²) in [6.07, 6.45) is 5.20. The lowest BCUT2D eigenvalue weighted by Gasteiger charge is -2.26. The first kappa shape index (κ1) is 28.5. The summed E-state index contributed by atoms with van der Waals surface area (Å²) in [5.41, 5.74) is 2.34. The van der Waals surface area contributed by atoms with Gasteiger partial charge in [-0.15, -0.1) is 0 Å². The van der Waals surface area contributed by atoms with Crippen molar-refractivity contribution in [3.63, 3.8) is 0 Å². The molecule has 0 bridgehead atoms.